The third-order valence-electron chi connectivity index (χ3n) is 4.72. The summed E-state index contributed by atoms with van der Waals surface area (Å²) in [7, 11) is 0. The number of hydrogen-bond acceptors (Lipinski definition) is 6. The number of aromatic nitrogens is 2. The van der Waals surface area contributed by atoms with Gasteiger partial charge in [0.15, 0.2) is 5.78 Å². The minimum atomic E-state index is -0.464. The molecule has 0 atom stereocenters. The van der Waals surface area contributed by atoms with E-state index in [1.165, 1.54) is 41.2 Å². The molecule has 3 rings (SSSR count). The van der Waals surface area contributed by atoms with Gasteiger partial charge in [0, 0.05) is 29.7 Å². The molecule has 1 N–H and O–H groups in total. The van der Waals surface area contributed by atoms with E-state index in [1.54, 1.807) is 6.07 Å². The first-order valence-corrected chi connectivity index (χ1v) is 10.7. The summed E-state index contributed by atoms with van der Waals surface area (Å²) in [6.45, 7) is 4.40. The van der Waals surface area contributed by atoms with Gasteiger partial charge in [0.1, 0.15) is 19.0 Å². The Morgan fingerprint density at radius 2 is 1.67 bits per heavy atom. The Hall–Kier alpha value is -3.43. The van der Waals surface area contributed by atoms with Crippen molar-refractivity contribution in [3.8, 4) is 0 Å². The topological polar surface area (TPSA) is 99.5 Å². The van der Waals surface area contributed by atoms with Crippen LogP contribution in [0.15, 0.2) is 42.6 Å². The zero-order valence-corrected chi connectivity index (χ0v) is 18.6. The number of anilines is 1. The number of benzene rings is 2. The van der Waals surface area contributed by atoms with Crippen molar-refractivity contribution < 1.29 is 28.2 Å². The van der Waals surface area contributed by atoms with Crippen LogP contribution in [0.3, 0.4) is 0 Å². The van der Waals surface area contributed by atoms with Gasteiger partial charge in [-0.1, -0.05) is 13.8 Å². The number of fused-ring (bicyclic) bond motifs is 1. The average molecular weight is 455 g/mol. The molecule has 0 bridgehead atoms. The number of nitrogens with one attached hydrogen (secondary N) is 1. The minimum absolute atomic E-state index is 0.145. The van der Waals surface area contributed by atoms with Crippen LogP contribution in [-0.4, -0.2) is 53.8 Å². The Bertz CT molecular complexity index is 1140. The molecule has 0 saturated carbocycles. The molecule has 1 amide bonds. The normalized spacial score (nSPS) is 11.0. The lowest BCUT2D eigenvalue weighted by Gasteiger charge is -2.12. The van der Waals surface area contributed by atoms with E-state index in [4.69, 9.17) is 9.47 Å². The second-order valence-electron chi connectivity index (χ2n) is 7.40. The van der Waals surface area contributed by atoms with Gasteiger partial charge in [0.25, 0.3) is 5.91 Å². The van der Waals surface area contributed by atoms with Crippen LogP contribution in [-0.2, 0) is 14.3 Å². The van der Waals surface area contributed by atoms with Gasteiger partial charge in [-0.2, -0.15) is 9.78 Å². The number of carbonyl (C=O) groups is 3. The molecular weight excluding hydrogens is 429 g/mol. The molecule has 174 valence electrons. The molecule has 3 aromatic rings. The summed E-state index contributed by atoms with van der Waals surface area (Å²) in [4.78, 5) is 38.1. The predicted molar refractivity (Wildman–Crippen MR) is 121 cm³/mol. The second-order valence-corrected chi connectivity index (χ2v) is 7.40. The number of amides is 1. The van der Waals surface area contributed by atoms with Crippen molar-refractivity contribution >= 4 is 34.2 Å². The molecule has 1 heterocycles. The van der Waals surface area contributed by atoms with E-state index in [9.17, 15) is 18.8 Å². The zero-order valence-electron chi connectivity index (χ0n) is 18.6. The Balaban J connectivity index is 1.98. The van der Waals surface area contributed by atoms with Gasteiger partial charge in [-0.25, -0.2) is 4.39 Å². The van der Waals surface area contributed by atoms with Gasteiger partial charge in [0.2, 0.25) is 5.91 Å². The molecule has 0 aliphatic rings. The third kappa shape index (κ3) is 6.09. The van der Waals surface area contributed by atoms with E-state index in [2.05, 4.69) is 10.4 Å². The van der Waals surface area contributed by atoms with E-state index in [0.717, 1.165) is 12.8 Å². The molecule has 2 aromatic carbocycles. The van der Waals surface area contributed by atoms with Crippen molar-refractivity contribution in [2.24, 2.45) is 0 Å². The highest BCUT2D eigenvalue weighted by Crippen LogP contribution is 2.27. The summed E-state index contributed by atoms with van der Waals surface area (Å²) in [6, 6.07) is 8.19. The summed E-state index contributed by atoms with van der Waals surface area (Å²) in [5.74, 6) is -1.69. The number of nitrogens with zero attached hydrogens (tertiary/aromatic N) is 2. The van der Waals surface area contributed by atoms with E-state index in [1.807, 2.05) is 13.8 Å². The minimum Gasteiger partial charge on any atom is -0.372 e. The number of carbonyl (C=O) groups excluding carboxylic acids is 3. The maximum Gasteiger partial charge on any atom is 0.273 e. The Morgan fingerprint density at radius 3 is 2.33 bits per heavy atom. The van der Waals surface area contributed by atoms with Crippen molar-refractivity contribution in [3.63, 3.8) is 0 Å². The van der Waals surface area contributed by atoms with Gasteiger partial charge in [-0.05, 0) is 49.2 Å². The lowest BCUT2D eigenvalue weighted by molar-refractivity contribution is -0.120. The average Bonchev–Trinajstić information content (AvgIpc) is 3.22. The molecule has 8 nitrogen and oxygen atoms in total. The van der Waals surface area contributed by atoms with Crippen LogP contribution in [0.2, 0.25) is 0 Å². The van der Waals surface area contributed by atoms with E-state index in [0.29, 0.717) is 24.1 Å². The van der Waals surface area contributed by atoms with Crippen molar-refractivity contribution in [2.75, 3.05) is 31.7 Å². The van der Waals surface area contributed by atoms with Gasteiger partial charge in [-0.15, -0.1) is 0 Å². The lowest BCUT2D eigenvalue weighted by Crippen LogP contribution is -2.21. The predicted octanol–water partition coefficient (Wildman–Crippen LogP) is 3.84. The van der Waals surface area contributed by atoms with Crippen LogP contribution in [0, 0.1) is 5.82 Å². The third-order valence-corrected chi connectivity index (χ3v) is 4.72. The van der Waals surface area contributed by atoms with Crippen molar-refractivity contribution in [3.05, 3.63) is 59.5 Å². The molecule has 0 radical (unpaired) electrons. The summed E-state index contributed by atoms with van der Waals surface area (Å²) >= 11 is 0. The molecule has 33 heavy (non-hydrogen) atoms. The summed E-state index contributed by atoms with van der Waals surface area (Å²) in [5.41, 5.74) is 1.06. The number of ether oxygens (including phenoxy) is 2. The number of hydrogen-bond donors (Lipinski definition) is 1. The van der Waals surface area contributed by atoms with Crippen LogP contribution < -0.4 is 5.32 Å². The highest BCUT2D eigenvalue weighted by Gasteiger charge is 2.20. The molecule has 0 aliphatic heterocycles. The summed E-state index contributed by atoms with van der Waals surface area (Å²) < 4.78 is 25.1. The smallest absolute Gasteiger partial charge is 0.273 e. The number of rotatable bonds is 11. The first-order chi connectivity index (χ1) is 15.9. The van der Waals surface area contributed by atoms with E-state index in [-0.39, 0.29) is 35.9 Å². The monoisotopic (exact) mass is 455 g/mol. The number of halogens is 1. The maximum absolute atomic E-state index is 13.3. The van der Waals surface area contributed by atoms with E-state index >= 15 is 0 Å². The quantitative estimate of drug-likeness (QED) is 0.348. The van der Waals surface area contributed by atoms with Crippen LogP contribution in [0.5, 0.6) is 0 Å². The number of ketones is 1. The molecule has 0 aliphatic carbocycles. The van der Waals surface area contributed by atoms with Gasteiger partial charge in [-0.3, -0.25) is 14.4 Å². The van der Waals surface area contributed by atoms with Crippen molar-refractivity contribution in [2.45, 2.75) is 26.7 Å². The molecular formula is C24H26FN3O5. The molecule has 0 saturated heterocycles. The first-order valence-electron chi connectivity index (χ1n) is 10.7. The Kier molecular flexibility index (Phi) is 8.39. The lowest BCUT2D eigenvalue weighted by atomic mass is 10.00. The molecule has 9 heteroatoms. The summed E-state index contributed by atoms with van der Waals surface area (Å²) in [5, 5.41) is 7.35. The fourth-order valence-electron chi connectivity index (χ4n) is 3.18. The van der Waals surface area contributed by atoms with Crippen LogP contribution >= 0.6 is 0 Å². The van der Waals surface area contributed by atoms with Crippen LogP contribution in [0.4, 0.5) is 10.1 Å². The molecule has 0 fully saturated rings. The van der Waals surface area contributed by atoms with Gasteiger partial charge < -0.3 is 14.8 Å². The maximum atomic E-state index is 13.3. The van der Waals surface area contributed by atoms with E-state index < -0.39 is 17.5 Å². The Labute approximate surface area is 190 Å². The van der Waals surface area contributed by atoms with Crippen LogP contribution in [0.1, 0.15) is 47.4 Å². The Morgan fingerprint density at radius 1 is 1.00 bits per heavy atom. The second kappa shape index (κ2) is 11.4. The molecule has 0 unspecified atom stereocenters. The van der Waals surface area contributed by atoms with Crippen molar-refractivity contribution in [1.29, 1.82) is 0 Å². The fraction of sp³-hybridized carbons (Fsp3) is 0.333. The standard InChI is InChI=1S/C24H26FN3O5/c1-3-9-32-14-22(29)27-20-12-21-17(13-26-28(21)23(30)15-33-10-4-2)11-19(20)24(31)16-5-7-18(25)8-6-16/h5-8,11-13H,3-4,9-10,14-15H2,1-2H3,(H,27,29). The first kappa shape index (κ1) is 24.2. The van der Waals surface area contributed by atoms with Crippen LogP contribution in [0.25, 0.3) is 10.9 Å². The highest BCUT2D eigenvalue weighted by molar-refractivity contribution is 6.16. The summed E-state index contributed by atoms with van der Waals surface area (Å²) in [6.07, 6.45) is 3.00. The van der Waals surface area contributed by atoms with Gasteiger partial charge in [0.05, 0.1) is 17.4 Å². The SMILES string of the molecule is CCCOCC(=O)Nc1cc2c(cnn2C(=O)COCCC)cc1C(=O)c1ccc(F)cc1. The zero-order chi connectivity index (χ0) is 23.8. The highest BCUT2D eigenvalue weighted by atomic mass is 19.1. The molecule has 0 spiro atoms. The van der Waals surface area contributed by atoms with Gasteiger partial charge >= 0.3 is 0 Å². The largest absolute Gasteiger partial charge is 0.372 e. The van der Waals surface area contributed by atoms with Crippen molar-refractivity contribution in [1.82, 2.24) is 9.78 Å². The fourth-order valence-corrected chi connectivity index (χ4v) is 3.18. The molecule has 1 aromatic heterocycles.